The number of hydrogen-bond acceptors (Lipinski definition) is 4. The monoisotopic (exact) mass is 402 g/mol. The molecule has 0 aliphatic rings. The maximum Gasteiger partial charge on any atom is 0.333 e. The second-order valence-electron chi connectivity index (χ2n) is 5.88. The summed E-state index contributed by atoms with van der Waals surface area (Å²) < 4.78 is 5.02. The highest BCUT2D eigenvalue weighted by atomic mass is 32.2. The molecule has 146 valence electrons. The number of hydrogen-bond donors (Lipinski definition) is 0. The number of esters is 1. The van der Waals surface area contributed by atoms with Gasteiger partial charge in [-0.25, -0.2) is 4.79 Å². The van der Waals surface area contributed by atoms with Crippen LogP contribution in [-0.4, -0.2) is 24.1 Å². The fourth-order valence-electron chi connectivity index (χ4n) is 2.06. The van der Waals surface area contributed by atoms with E-state index < -0.39 is 0 Å². The number of benzene rings is 2. The van der Waals surface area contributed by atoms with Crippen LogP contribution in [0.15, 0.2) is 82.6 Å². The van der Waals surface area contributed by atoms with Crippen molar-refractivity contribution in [2.75, 3.05) is 18.1 Å². The Kier molecular flexibility index (Phi) is 13.4. The highest BCUT2D eigenvalue weighted by molar-refractivity contribution is 7.99. The van der Waals surface area contributed by atoms with Gasteiger partial charge in [-0.3, -0.25) is 0 Å². The van der Waals surface area contributed by atoms with Crippen molar-refractivity contribution < 1.29 is 9.53 Å². The number of unbranched alkanes of at least 4 members (excludes halogenated alkanes) is 2. The topological polar surface area (TPSA) is 26.3 Å². The summed E-state index contributed by atoms with van der Waals surface area (Å²) >= 11 is 3.74. The lowest BCUT2D eigenvalue weighted by Crippen LogP contribution is -2.06. The summed E-state index contributed by atoms with van der Waals surface area (Å²) in [5.74, 6) is 1.98. The Morgan fingerprint density at radius 3 is 1.96 bits per heavy atom. The van der Waals surface area contributed by atoms with Gasteiger partial charge in [0, 0.05) is 15.4 Å². The molecule has 27 heavy (non-hydrogen) atoms. The van der Waals surface area contributed by atoms with Crippen LogP contribution >= 0.6 is 23.5 Å². The molecule has 0 bridgehead atoms. The summed E-state index contributed by atoms with van der Waals surface area (Å²) in [6, 6.07) is 20.8. The molecule has 0 atom stereocenters. The van der Waals surface area contributed by atoms with Gasteiger partial charge in [0.2, 0.25) is 0 Å². The van der Waals surface area contributed by atoms with Crippen molar-refractivity contribution in [2.24, 2.45) is 0 Å². The van der Waals surface area contributed by atoms with E-state index in [1.807, 2.05) is 35.7 Å². The first-order valence-electron chi connectivity index (χ1n) is 9.31. The second-order valence-corrected chi connectivity index (χ2v) is 8.39. The van der Waals surface area contributed by atoms with E-state index in [4.69, 9.17) is 4.74 Å². The lowest BCUT2D eigenvalue weighted by molar-refractivity contribution is -0.139. The fraction of sp³-hybridized carbons (Fsp3) is 0.348. The van der Waals surface area contributed by atoms with E-state index in [-0.39, 0.29) is 5.97 Å². The zero-order valence-corrected chi connectivity index (χ0v) is 18.0. The third-order valence-corrected chi connectivity index (χ3v) is 5.43. The molecule has 0 fully saturated rings. The summed E-state index contributed by atoms with van der Waals surface area (Å²) in [6.45, 7) is 7.87. The maximum atomic E-state index is 11.1. The molecule has 0 aliphatic carbocycles. The number of carbonyl (C=O) groups is 1. The quantitative estimate of drug-likeness (QED) is 0.187. The largest absolute Gasteiger partial charge is 0.462 e. The van der Waals surface area contributed by atoms with Crippen LogP contribution in [0.3, 0.4) is 0 Å². The average Bonchev–Trinajstić information content (AvgIpc) is 2.69. The Hall–Kier alpha value is -1.65. The minimum atomic E-state index is -0.284. The minimum Gasteiger partial charge on any atom is -0.462 e. The molecular weight excluding hydrogens is 372 g/mol. The predicted octanol–water partition coefficient (Wildman–Crippen LogP) is 6.87. The zero-order valence-electron chi connectivity index (χ0n) is 16.4. The van der Waals surface area contributed by atoms with Gasteiger partial charge in [-0.15, -0.1) is 23.5 Å². The van der Waals surface area contributed by atoms with Gasteiger partial charge in [-0.2, -0.15) is 0 Å². The van der Waals surface area contributed by atoms with Crippen LogP contribution in [0.5, 0.6) is 0 Å². The summed E-state index contributed by atoms with van der Waals surface area (Å²) in [5.41, 5.74) is 0.467. The lowest BCUT2D eigenvalue weighted by Gasteiger charge is -2.04. The van der Waals surface area contributed by atoms with Crippen LogP contribution in [0.4, 0.5) is 0 Å². The highest BCUT2D eigenvalue weighted by Crippen LogP contribution is 2.18. The highest BCUT2D eigenvalue weighted by Gasteiger charge is 2.01. The molecule has 0 heterocycles. The van der Waals surface area contributed by atoms with Gasteiger partial charge < -0.3 is 4.74 Å². The van der Waals surface area contributed by atoms with Gasteiger partial charge in [0.1, 0.15) is 0 Å². The first-order chi connectivity index (χ1) is 13.1. The molecule has 2 nitrogen and oxygen atoms in total. The molecule has 2 aromatic carbocycles. The van der Waals surface area contributed by atoms with E-state index in [1.54, 1.807) is 6.92 Å². The molecular formula is C23H30O2S2. The Bertz CT molecular complexity index is 642. The summed E-state index contributed by atoms with van der Waals surface area (Å²) in [6.07, 6.45) is 3.15. The van der Waals surface area contributed by atoms with Gasteiger partial charge >= 0.3 is 5.97 Å². The Labute approximate surface area is 172 Å². The number of thioether (sulfide) groups is 2. The van der Waals surface area contributed by atoms with Crippen LogP contribution in [0.2, 0.25) is 0 Å². The first kappa shape index (κ1) is 23.4. The predicted molar refractivity (Wildman–Crippen MR) is 120 cm³/mol. The van der Waals surface area contributed by atoms with Crippen LogP contribution in [0, 0.1) is 0 Å². The number of carbonyl (C=O) groups excluding carboxylic acids is 1. The van der Waals surface area contributed by atoms with Gasteiger partial charge in [-0.1, -0.05) is 49.9 Å². The van der Waals surface area contributed by atoms with Crippen molar-refractivity contribution in [2.45, 2.75) is 42.9 Å². The molecule has 0 aliphatic heterocycles. The second kappa shape index (κ2) is 15.4. The Morgan fingerprint density at radius 1 is 0.889 bits per heavy atom. The van der Waals surface area contributed by atoms with Crippen LogP contribution in [0.1, 0.15) is 33.1 Å². The number of ether oxygens (including phenoxy) is 1. The van der Waals surface area contributed by atoms with Crippen LogP contribution < -0.4 is 0 Å². The van der Waals surface area contributed by atoms with Crippen LogP contribution in [-0.2, 0) is 9.53 Å². The van der Waals surface area contributed by atoms with Crippen molar-refractivity contribution in [3.63, 3.8) is 0 Å². The normalized spacial score (nSPS) is 9.85. The first-order valence-corrected chi connectivity index (χ1v) is 11.3. The SMILES string of the molecule is C=C(C)C(=O)OCCCCCSc1ccccc1.CCSc1ccccc1. The summed E-state index contributed by atoms with van der Waals surface area (Å²) in [7, 11) is 0. The smallest absolute Gasteiger partial charge is 0.333 e. The minimum absolute atomic E-state index is 0.284. The molecule has 0 N–H and O–H groups in total. The van der Waals surface area contributed by atoms with Gasteiger partial charge in [0.25, 0.3) is 0 Å². The van der Waals surface area contributed by atoms with Gasteiger partial charge in [0.15, 0.2) is 0 Å². The van der Waals surface area contributed by atoms with Gasteiger partial charge in [0.05, 0.1) is 6.61 Å². The van der Waals surface area contributed by atoms with Crippen molar-refractivity contribution >= 4 is 29.5 Å². The third kappa shape index (κ3) is 12.4. The molecule has 0 saturated heterocycles. The average molecular weight is 403 g/mol. The van der Waals surface area contributed by atoms with Crippen LogP contribution in [0.25, 0.3) is 0 Å². The molecule has 2 aromatic rings. The zero-order chi connectivity index (χ0) is 19.7. The maximum absolute atomic E-state index is 11.1. The van der Waals surface area contributed by atoms with Crippen molar-refractivity contribution in [1.82, 2.24) is 0 Å². The number of rotatable bonds is 10. The van der Waals surface area contributed by atoms with E-state index in [0.29, 0.717) is 12.2 Å². The summed E-state index contributed by atoms with van der Waals surface area (Å²) in [5, 5.41) is 0. The molecule has 4 heteroatoms. The van der Waals surface area contributed by atoms with E-state index in [1.165, 1.54) is 9.79 Å². The Balaban J connectivity index is 0.000000337. The van der Waals surface area contributed by atoms with Gasteiger partial charge in [-0.05, 0) is 62.0 Å². The molecule has 0 aromatic heterocycles. The van der Waals surface area contributed by atoms with Crippen molar-refractivity contribution in [1.29, 1.82) is 0 Å². The van der Waals surface area contributed by atoms with E-state index in [9.17, 15) is 4.79 Å². The molecule has 0 radical (unpaired) electrons. The molecule has 0 unspecified atom stereocenters. The molecule has 2 rings (SSSR count). The van der Waals surface area contributed by atoms with Crippen molar-refractivity contribution in [3.05, 3.63) is 72.8 Å². The lowest BCUT2D eigenvalue weighted by atomic mass is 10.3. The van der Waals surface area contributed by atoms with E-state index >= 15 is 0 Å². The van der Waals surface area contributed by atoms with Crippen molar-refractivity contribution in [3.8, 4) is 0 Å². The van der Waals surface area contributed by atoms with E-state index in [0.717, 1.165) is 30.8 Å². The standard InChI is InChI=1S/C15H20O2S.C8H10S/c1-13(2)15(16)17-11-7-4-8-12-18-14-9-5-3-6-10-14;1-2-9-8-6-4-3-5-7-8/h3,5-6,9-10H,1,4,7-8,11-12H2,2H3;3-7H,2H2,1H3. The Morgan fingerprint density at radius 2 is 1.44 bits per heavy atom. The summed E-state index contributed by atoms with van der Waals surface area (Å²) in [4.78, 5) is 13.8. The molecule has 0 saturated carbocycles. The van der Waals surface area contributed by atoms with E-state index in [2.05, 4.69) is 62.0 Å². The molecule has 0 amide bonds. The fourth-order valence-corrected chi connectivity index (χ4v) is 3.68. The molecule has 0 spiro atoms. The third-order valence-electron chi connectivity index (χ3n) is 3.44.